The van der Waals surface area contributed by atoms with Crippen molar-refractivity contribution in [2.24, 2.45) is 0 Å². The van der Waals surface area contributed by atoms with Crippen molar-refractivity contribution in [3.8, 4) is 0 Å². The van der Waals surface area contributed by atoms with E-state index in [2.05, 4.69) is 24.1 Å². The van der Waals surface area contributed by atoms with Gasteiger partial charge >= 0.3 is 6.09 Å². The topological polar surface area (TPSA) is 49.9 Å². The highest BCUT2D eigenvalue weighted by Crippen LogP contribution is 2.07. The maximum atomic E-state index is 12.1. The van der Waals surface area contributed by atoms with Gasteiger partial charge in [0.25, 0.3) is 0 Å². The quantitative estimate of drug-likeness (QED) is 0.218. The van der Waals surface area contributed by atoms with Crippen LogP contribution in [-0.4, -0.2) is 54.4 Å². The van der Waals surface area contributed by atoms with E-state index in [0.29, 0.717) is 19.7 Å². The summed E-state index contributed by atoms with van der Waals surface area (Å²) in [5, 5.41) is 0. The number of Topliss-reactive ketones (excluding diaryl/α,β-unsaturated/α-hetero) is 1. The van der Waals surface area contributed by atoms with Crippen molar-refractivity contribution < 1.29 is 14.3 Å². The van der Waals surface area contributed by atoms with Crippen LogP contribution in [0.1, 0.15) is 41.6 Å². The Balaban J connectivity index is 0.000000247. The Morgan fingerprint density at radius 3 is 2.37 bits per heavy atom. The number of ether oxygens (including phenoxy) is 1. The summed E-state index contributed by atoms with van der Waals surface area (Å²) >= 11 is 0. The second kappa shape index (κ2) is 17.1. The van der Waals surface area contributed by atoms with E-state index in [4.69, 9.17) is 4.74 Å². The first-order valence-electron chi connectivity index (χ1n) is 12.3. The zero-order valence-electron chi connectivity index (χ0n) is 20.7. The Labute approximate surface area is 210 Å². The maximum Gasteiger partial charge on any atom is 0.410 e. The molecule has 0 spiro atoms. The zero-order chi connectivity index (χ0) is 25.1. The summed E-state index contributed by atoms with van der Waals surface area (Å²) in [6.45, 7) is 11.3. The van der Waals surface area contributed by atoms with Crippen molar-refractivity contribution >= 4 is 11.9 Å². The van der Waals surface area contributed by atoms with Crippen molar-refractivity contribution in [2.45, 2.75) is 32.3 Å². The maximum absolute atomic E-state index is 12.1. The van der Waals surface area contributed by atoms with E-state index in [1.807, 2.05) is 78.9 Å². The average molecular weight is 475 g/mol. The third kappa shape index (κ3) is 11.5. The minimum absolute atomic E-state index is 0.163. The second-order valence-corrected chi connectivity index (χ2v) is 8.34. The predicted octanol–water partition coefficient (Wildman–Crippen LogP) is 6.30. The van der Waals surface area contributed by atoms with Gasteiger partial charge in [-0.05, 0) is 37.8 Å². The van der Waals surface area contributed by atoms with Crippen LogP contribution < -0.4 is 0 Å². The number of carbonyl (C=O) groups is 2. The number of rotatable bonds is 11. The Morgan fingerprint density at radius 2 is 1.69 bits per heavy atom. The summed E-state index contributed by atoms with van der Waals surface area (Å²) < 4.78 is 5.28. The third-order valence-corrected chi connectivity index (χ3v) is 5.49. The van der Waals surface area contributed by atoms with Gasteiger partial charge in [0.15, 0.2) is 5.78 Å². The highest BCUT2D eigenvalue weighted by Gasteiger charge is 2.14. The largest absolute Gasteiger partial charge is 0.445 e. The van der Waals surface area contributed by atoms with Crippen molar-refractivity contribution in [1.82, 2.24) is 9.80 Å². The molecule has 1 aliphatic rings. The fourth-order valence-electron chi connectivity index (χ4n) is 3.58. The standard InChI is InChI=1S/C16H21NO.C14H17NO2/c1-3-5-9-13-17(12-4-2)14-16(18)15-10-7-6-8-11-15;16-14(15-10-6-1-2-7-11-15)17-12-13-8-4-3-5-9-13/h3-4,6-8,10-11H,1-2,5,9,12-14H2;1,3-6,8-9H,2,7,10-12H2. The van der Waals surface area contributed by atoms with Crippen LogP contribution in [0, 0.1) is 0 Å². The summed E-state index contributed by atoms with van der Waals surface area (Å²) in [6.07, 6.45) is 11.7. The molecule has 35 heavy (non-hydrogen) atoms. The predicted molar refractivity (Wildman–Crippen MR) is 143 cm³/mol. The lowest BCUT2D eigenvalue weighted by molar-refractivity contribution is 0.0937. The number of hydrogen-bond donors (Lipinski definition) is 0. The lowest BCUT2D eigenvalue weighted by Gasteiger charge is -2.19. The monoisotopic (exact) mass is 474 g/mol. The molecule has 0 radical (unpaired) electrons. The third-order valence-electron chi connectivity index (χ3n) is 5.49. The number of ketones is 1. The molecule has 5 nitrogen and oxygen atoms in total. The van der Waals surface area contributed by atoms with Crippen LogP contribution in [0.2, 0.25) is 0 Å². The number of carbonyl (C=O) groups excluding carboxylic acids is 2. The smallest absolute Gasteiger partial charge is 0.410 e. The summed E-state index contributed by atoms with van der Waals surface area (Å²) in [4.78, 5) is 27.7. The lowest BCUT2D eigenvalue weighted by Crippen LogP contribution is -2.31. The van der Waals surface area contributed by atoms with Gasteiger partial charge in [0.05, 0.1) is 6.54 Å². The zero-order valence-corrected chi connectivity index (χ0v) is 20.7. The molecule has 5 heteroatoms. The van der Waals surface area contributed by atoms with Gasteiger partial charge in [0, 0.05) is 25.2 Å². The molecule has 0 saturated carbocycles. The summed E-state index contributed by atoms with van der Waals surface area (Å²) in [5.74, 6) is 0.163. The molecule has 0 fully saturated rings. The van der Waals surface area contributed by atoms with Crippen LogP contribution in [0.4, 0.5) is 4.79 Å². The van der Waals surface area contributed by atoms with E-state index in [1.165, 1.54) is 0 Å². The Bertz CT molecular complexity index is 925. The van der Waals surface area contributed by atoms with Gasteiger partial charge in [-0.3, -0.25) is 9.69 Å². The minimum Gasteiger partial charge on any atom is -0.445 e. The average Bonchev–Trinajstić information content (AvgIpc) is 3.19. The fraction of sp³-hybridized carbons (Fsp3) is 0.333. The molecule has 0 unspecified atom stereocenters. The normalized spacial score (nSPS) is 12.8. The van der Waals surface area contributed by atoms with Gasteiger partial charge in [-0.25, -0.2) is 4.79 Å². The highest BCUT2D eigenvalue weighted by atomic mass is 16.6. The molecule has 0 atom stereocenters. The molecule has 1 heterocycles. The summed E-state index contributed by atoms with van der Waals surface area (Å²) in [5.41, 5.74) is 1.79. The fourth-order valence-corrected chi connectivity index (χ4v) is 3.58. The first-order valence-corrected chi connectivity index (χ1v) is 12.3. The molecule has 0 bridgehead atoms. The molecule has 2 aromatic carbocycles. The highest BCUT2D eigenvalue weighted by molar-refractivity contribution is 5.97. The van der Waals surface area contributed by atoms with Crippen molar-refractivity contribution in [1.29, 1.82) is 0 Å². The van der Waals surface area contributed by atoms with Crippen molar-refractivity contribution in [2.75, 3.05) is 32.7 Å². The second-order valence-electron chi connectivity index (χ2n) is 8.34. The SMILES string of the molecule is C=CCCCN(CC=C)CC(=O)c1ccccc1.O=C(OCc1ccccc1)N1CC=CCCC1. The molecule has 0 saturated heterocycles. The van der Waals surface area contributed by atoms with E-state index in [-0.39, 0.29) is 11.9 Å². The van der Waals surface area contributed by atoms with Gasteiger partial charge in [0.1, 0.15) is 6.61 Å². The molecular formula is C30H38N2O3. The molecule has 0 aromatic heterocycles. The summed E-state index contributed by atoms with van der Waals surface area (Å²) in [6, 6.07) is 19.2. The van der Waals surface area contributed by atoms with Crippen LogP contribution in [0.5, 0.6) is 0 Å². The van der Waals surface area contributed by atoms with Crippen LogP contribution >= 0.6 is 0 Å². The summed E-state index contributed by atoms with van der Waals surface area (Å²) in [7, 11) is 0. The minimum atomic E-state index is -0.222. The Morgan fingerprint density at radius 1 is 0.971 bits per heavy atom. The number of unbranched alkanes of at least 4 members (excludes halogenated alkanes) is 1. The molecule has 0 N–H and O–H groups in total. The van der Waals surface area contributed by atoms with Crippen molar-refractivity contribution in [3.05, 3.63) is 109 Å². The van der Waals surface area contributed by atoms with E-state index in [9.17, 15) is 9.59 Å². The number of amides is 1. The lowest BCUT2D eigenvalue weighted by atomic mass is 10.1. The number of nitrogens with zero attached hydrogens (tertiary/aromatic N) is 2. The molecule has 1 aliphatic heterocycles. The molecule has 1 amide bonds. The van der Waals surface area contributed by atoms with E-state index in [1.54, 1.807) is 4.90 Å². The van der Waals surface area contributed by atoms with Crippen LogP contribution in [0.3, 0.4) is 0 Å². The van der Waals surface area contributed by atoms with E-state index < -0.39 is 0 Å². The van der Waals surface area contributed by atoms with Gasteiger partial charge in [-0.1, -0.05) is 85.0 Å². The molecular weight excluding hydrogens is 436 g/mol. The van der Waals surface area contributed by atoms with Gasteiger partial charge < -0.3 is 9.64 Å². The van der Waals surface area contributed by atoms with Crippen LogP contribution in [0.15, 0.2) is 98.1 Å². The van der Waals surface area contributed by atoms with E-state index in [0.717, 1.165) is 56.4 Å². The van der Waals surface area contributed by atoms with Gasteiger partial charge in [-0.2, -0.15) is 0 Å². The van der Waals surface area contributed by atoms with Gasteiger partial charge in [0.2, 0.25) is 0 Å². The van der Waals surface area contributed by atoms with Crippen LogP contribution in [0.25, 0.3) is 0 Å². The Kier molecular flexibility index (Phi) is 13.6. The number of hydrogen-bond acceptors (Lipinski definition) is 4. The number of allylic oxidation sites excluding steroid dienone is 2. The first kappa shape index (κ1) is 27.8. The molecule has 186 valence electrons. The first-order chi connectivity index (χ1) is 17.1. The van der Waals surface area contributed by atoms with E-state index >= 15 is 0 Å². The molecule has 2 aromatic rings. The molecule has 3 rings (SSSR count). The van der Waals surface area contributed by atoms with Crippen LogP contribution in [-0.2, 0) is 11.3 Å². The van der Waals surface area contributed by atoms with Crippen molar-refractivity contribution in [3.63, 3.8) is 0 Å². The Hall–Kier alpha value is -3.44. The molecule has 0 aliphatic carbocycles. The van der Waals surface area contributed by atoms with Gasteiger partial charge in [-0.15, -0.1) is 13.2 Å². The number of benzene rings is 2.